The summed E-state index contributed by atoms with van der Waals surface area (Å²) in [7, 11) is 1.64. The number of hydrogen-bond acceptors (Lipinski definition) is 7. The van der Waals surface area contributed by atoms with Gasteiger partial charge in [0.25, 0.3) is 0 Å². The monoisotopic (exact) mass is 552 g/mol. The van der Waals surface area contributed by atoms with Gasteiger partial charge >= 0.3 is 0 Å². The average molecular weight is 553 g/mol. The molecule has 3 N–H and O–H groups in total. The molecular formula is C31H37FN2O4S. The second-order valence-electron chi connectivity index (χ2n) is 12.4. The number of aromatic nitrogens is 1. The molecule has 0 radical (unpaired) electrons. The molecule has 8 heteroatoms. The average Bonchev–Trinajstić information content (AvgIpc) is 3.47. The van der Waals surface area contributed by atoms with Gasteiger partial charge < -0.3 is 20.3 Å². The number of hydrogen-bond donors (Lipinski definition) is 3. The summed E-state index contributed by atoms with van der Waals surface area (Å²) >= 11 is 1.45. The number of carbonyl (C=O) groups excluding carboxylic acids is 1. The number of methoxy groups -OCH3 is 1. The number of rotatable bonds is 5. The molecule has 1 aromatic carbocycles. The molecule has 3 saturated carbocycles. The van der Waals surface area contributed by atoms with Crippen molar-refractivity contribution in [3.05, 3.63) is 64.7 Å². The zero-order chi connectivity index (χ0) is 27.8. The lowest BCUT2D eigenvalue weighted by atomic mass is 9.44. The summed E-state index contributed by atoms with van der Waals surface area (Å²) in [5, 5.41) is 30.0. The fourth-order valence-electron chi connectivity index (χ4n) is 8.54. The van der Waals surface area contributed by atoms with E-state index in [4.69, 9.17) is 9.72 Å². The van der Waals surface area contributed by atoms with Gasteiger partial charge in [-0.1, -0.05) is 37.6 Å². The van der Waals surface area contributed by atoms with E-state index >= 15 is 4.39 Å². The lowest BCUT2D eigenvalue weighted by molar-refractivity contribution is -0.223. The van der Waals surface area contributed by atoms with E-state index in [9.17, 15) is 15.0 Å². The first-order valence-corrected chi connectivity index (χ1v) is 14.7. The number of benzene rings is 1. The molecule has 0 spiro atoms. The molecule has 1 aromatic heterocycles. The maximum absolute atomic E-state index is 17.4. The Morgan fingerprint density at radius 2 is 1.97 bits per heavy atom. The van der Waals surface area contributed by atoms with Crippen molar-refractivity contribution in [1.29, 1.82) is 0 Å². The Morgan fingerprint density at radius 1 is 1.23 bits per heavy atom. The maximum Gasteiger partial charge on any atom is 0.183 e. The SMILES string of the molecule is COc1ccc(CNc2nc([C@@]3(O)[C@H](C)C[C@H]4[C@@H]5CCC6=CC(=O)C=C[C@]6(C)[C@@]5(F)[C@@H](O)C[C@@]43C)cs2)cc1. The van der Waals surface area contributed by atoms with Gasteiger partial charge in [-0.15, -0.1) is 11.3 Å². The normalized spacial score (nSPS) is 40.9. The number of thiazole rings is 1. The van der Waals surface area contributed by atoms with Crippen LogP contribution in [0, 0.1) is 28.6 Å². The van der Waals surface area contributed by atoms with Gasteiger partial charge in [-0.2, -0.15) is 0 Å². The Labute approximate surface area is 233 Å². The van der Waals surface area contributed by atoms with Crippen LogP contribution in [0.3, 0.4) is 0 Å². The van der Waals surface area contributed by atoms with Crippen LogP contribution in [0.5, 0.6) is 5.75 Å². The Bertz CT molecular complexity index is 1360. The highest BCUT2D eigenvalue weighted by Crippen LogP contribution is 2.72. The van der Waals surface area contributed by atoms with Crippen molar-refractivity contribution in [3.8, 4) is 5.75 Å². The highest BCUT2D eigenvalue weighted by molar-refractivity contribution is 7.13. The Balaban J connectivity index is 1.29. The fourth-order valence-corrected chi connectivity index (χ4v) is 9.31. The largest absolute Gasteiger partial charge is 0.497 e. The van der Waals surface area contributed by atoms with E-state index in [1.54, 1.807) is 19.3 Å². The topological polar surface area (TPSA) is 91.7 Å². The van der Waals surface area contributed by atoms with Crippen LogP contribution in [0.2, 0.25) is 0 Å². The summed E-state index contributed by atoms with van der Waals surface area (Å²) in [6, 6.07) is 7.82. The molecule has 0 amide bonds. The standard InChI is InChI=1S/C31H37FN2O4S/c1-18-13-24-23-10-7-20-14-21(35)11-12-28(20,2)30(23,32)26(36)15-29(24,3)31(18,37)25-17-39-27(34-25)33-16-19-5-8-22(38-4)9-6-19/h5-6,8-9,11-12,14,17-18,23-24,26,36-37H,7,10,13,15-16H2,1-4H3,(H,33,34)/t18-,23+,24+,26+,28+,29+,30+,31+/m1/s1. The minimum absolute atomic E-state index is 0.122. The van der Waals surface area contributed by atoms with E-state index in [0.717, 1.165) is 16.9 Å². The molecule has 208 valence electrons. The number of alkyl halides is 1. The molecule has 39 heavy (non-hydrogen) atoms. The van der Waals surface area contributed by atoms with Gasteiger partial charge in [-0.3, -0.25) is 4.79 Å². The van der Waals surface area contributed by atoms with Gasteiger partial charge in [-0.25, -0.2) is 9.37 Å². The second kappa shape index (κ2) is 8.98. The Morgan fingerprint density at radius 3 is 2.69 bits per heavy atom. The minimum Gasteiger partial charge on any atom is -0.497 e. The highest BCUT2D eigenvalue weighted by atomic mass is 32.1. The molecule has 0 saturated heterocycles. The van der Waals surface area contributed by atoms with Gasteiger partial charge in [0.1, 0.15) is 11.4 Å². The summed E-state index contributed by atoms with van der Waals surface area (Å²) in [5.41, 5.74) is -2.55. The Kier molecular flexibility index (Phi) is 6.14. The molecule has 3 fully saturated rings. The van der Waals surface area contributed by atoms with E-state index < -0.39 is 34.1 Å². The molecule has 4 aliphatic rings. The van der Waals surface area contributed by atoms with Crippen LogP contribution in [0.25, 0.3) is 0 Å². The number of nitrogens with zero attached hydrogens (tertiary/aromatic N) is 1. The number of anilines is 1. The van der Waals surface area contributed by atoms with E-state index in [1.165, 1.54) is 17.4 Å². The molecule has 4 aliphatic carbocycles. The van der Waals surface area contributed by atoms with Crippen molar-refractivity contribution < 1.29 is 24.1 Å². The number of halogens is 1. The molecule has 6 rings (SSSR count). The highest BCUT2D eigenvalue weighted by Gasteiger charge is 2.74. The van der Waals surface area contributed by atoms with Crippen molar-refractivity contribution in [2.75, 3.05) is 12.4 Å². The number of nitrogens with one attached hydrogen (secondary N) is 1. The zero-order valence-electron chi connectivity index (χ0n) is 22.9. The van der Waals surface area contributed by atoms with Crippen LogP contribution in [0.15, 0.2) is 53.4 Å². The number of aliphatic hydroxyl groups excluding tert-OH is 1. The van der Waals surface area contributed by atoms with E-state index in [0.29, 0.717) is 36.6 Å². The van der Waals surface area contributed by atoms with Gasteiger partial charge in [0.05, 0.1) is 18.9 Å². The molecule has 2 aromatic rings. The number of ether oxygens (including phenoxy) is 1. The molecular weight excluding hydrogens is 515 g/mol. The third kappa shape index (κ3) is 3.57. The summed E-state index contributed by atoms with van der Waals surface area (Å²) in [4.78, 5) is 16.9. The van der Waals surface area contributed by atoms with Crippen molar-refractivity contribution >= 4 is 22.3 Å². The predicted molar refractivity (Wildman–Crippen MR) is 149 cm³/mol. The summed E-state index contributed by atoms with van der Waals surface area (Å²) in [6.07, 6.45) is 5.34. The third-order valence-corrected chi connectivity index (χ3v) is 11.5. The lowest BCUT2D eigenvalue weighted by Crippen LogP contribution is -2.68. The van der Waals surface area contributed by atoms with Crippen molar-refractivity contribution in [2.24, 2.45) is 28.6 Å². The Hall–Kier alpha value is -2.55. The second-order valence-corrected chi connectivity index (χ2v) is 13.3. The molecule has 0 unspecified atom stereocenters. The maximum atomic E-state index is 17.4. The first kappa shape index (κ1) is 26.7. The smallest absolute Gasteiger partial charge is 0.183 e. The van der Waals surface area contributed by atoms with Gasteiger partial charge in [0, 0.05) is 28.7 Å². The van der Waals surface area contributed by atoms with Crippen LogP contribution < -0.4 is 10.1 Å². The number of carbonyl (C=O) groups is 1. The predicted octanol–water partition coefficient (Wildman–Crippen LogP) is 5.57. The van der Waals surface area contributed by atoms with Crippen molar-refractivity contribution in [2.45, 2.75) is 70.4 Å². The van der Waals surface area contributed by atoms with Gasteiger partial charge in [0.2, 0.25) is 0 Å². The minimum atomic E-state index is -1.91. The van der Waals surface area contributed by atoms with E-state index in [-0.39, 0.29) is 24.0 Å². The zero-order valence-corrected chi connectivity index (χ0v) is 23.7. The fraction of sp³-hybridized carbons (Fsp3) is 0.548. The number of ketones is 1. The first-order chi connectivity index (χ1) is 18.5. The van der Waals surface area contributed by atoms with Crippen LogP contribution >= 0.6 is 11.3 Å². The van der Waals surface area contributed by atoms with Crippen molar-refractivity contribution in [1.82, 2.24) is 4.98 Å². The molecule has 0 bridgehead atoms. The van der Waals surface area contributed by atoms with Crippen molar-refractivity contribution in [3.63, 3.8) is 0 Å². The first-order valence-electron chi connectivity index (χ1n) is 13.8. The molecule has 0 aliphatic heterocycles. The van der Waals surface area contributed by atoms with E-state index in [2.05, 4.69) is 5.32 Å². The van der Waals surface area contributed by atoms with Crippen LogP contribution in [0.4, 0.5) is 9.52 Å². The number of aliphatic hydroxyl groups is 2. The lowest BCUT2D eigenvalue weighted by Gasteiger charge is -2.62. The summed E-state index contributed by atoms with van der Waals surface area (Å²) in [6.45, 7) is 6.45. The molecule has 8 atom stereocenters. The van der Waals surface area contributed by atoms with Crippen LogP contribution in [-0.2, 0) is 16.9 Å². The van der Waals surface area contributed by atoms with E-state index in [1.807, 2.05) is 50.4 Å². The number of allylic oxidation sites excluding steroid dienone is 4. The van der Waals surface area contributed by atoms with Crippen LogP contribution in [0.1, 0.15) is 57.7 Å². The van der Waals surface area contributed by atoms with Gasteiger partial charge in [-0.05, 0) is 74.3 Å². The van der Waals surface area contributed by atoms with Gasteiger partial charge in [0.15, 0.2) is 16.6 Å². The van der Waals surface area contributed by atoms with Crippen LogP contribution in [-0.4, -0.2) is 39.9 Å². The third-order valence-electron chi connectivity index (χ3n) is 10.7. The number of fused-ring (bicyclic) bond motifs is 5. The molecule has 6 nitrogen and oxygen atoms in total. The quantitative estimate of drug-likeness (QED) is 0.449. The summed E-state index contributed by atoms with van der Waals surface area (Å²) in [5.74, 6) is -0.0493. The summed E-state index contributed by atoms with van der Waals surface area (Å²) < 4.78 is 22.6. The molecule has 1 heterocycles.